The molecule has 0 fully saturated rings. The number of rotatable bonds is 10. The number of aliphatic imine (C=N–C) groups is 1. The summed E-state index contributed by atoms with van der Waals surface area (Å²) < 4.78 is 10.9. The normalized spacial score (nSPS) is 10.8. The van der Waals surface area contributed by atoms with Gasteiger partial charge < -0.3 is 25.0 Å². The Kier molecular flexibility index (Phi) is 12.7. The lowest BCUT2D eigenvalue weighted by molar-refractivity contribution is 0.0827. The molecule has 0 saturated carbocycles. The monoisotopic (exact) mass is 554 g/mol. The van der Waals surface area contributed by atoms with E-state index in [1.807, 2.05) is 44.2 Å². The first kappa shape index (κ1) is 27.7. The zero-order valence-corrected chi connectivity index (χ0v) is 21.9. The molecule has 0 bridgehead atoms. The number of aryl methyl sites for hydroxylation is 1. The maximum absolute atomic E-state index is 12.0. The highest BCUT2D eigenvalue weighted by atomic mass is 127. The molecule has 0 aliphatic carbocycles. The van der Waals surface area contributed by atoms with Gasteiger partial charge in [0.2, 0.25) is 0 Å². The topological polar surface area (TPSA) is 75.2 Å². The summed E-state index contributed by atoms with van der Waals surface area (Å²) in [4.78, 5) is 18.3. The van der Waals surface area contributed by atoms with Crippen molar-refractivity contribution >= 4 is 35.8 Å². The third kappa shape index (κ3) is 9.04. The van der Waals surface area contributed by atoms with Gasteiger partial charge in [0.15, 0.2) is 5.96 Å². The molecule has 2 aromatic rings. The van der Waals surface area contributed by atoms with Crippen molar-refractivity contribution in [1.29, 1.82) is 0 Å². The smallest absolute Gasteiger partial charge is 0.253 e. The molecule has 2 rings (SSSR count). The number of benzene rings is 2. The Morgan fingerprint density at radius 1 is 1.06 bits per heavy atom. The summed E-state index contributed by atoms with van der Waals surface area (Å²) in [5.74, 6) is 1.56. The number of amides is 1. The highest BCUT2D eigenvalue weighted by molar-refractivity contribution is 14.0. The standard InChI is InChI=1S/C24H34N4O3.HI/c1-6-25-24(26-16-19-8-11-20(12-9-19)23(29)28(3)4)27-17-21-10-7-18(2)15-22(21)31-14-13-30-5;/h7-12,15H,6,13-14,16-17H2,1-5H3,(H2,25,26,27);1H. The van der Waals surface area contributed by atoms with Gasteiger partial charge in [0.25, 0.3) is 5.91 Å². The molecule has 0 heterocycles. The summed E-state index contributed by atoms with van der Waals surface area (Å²) in [6.07, 6.45) is 0. The van der Waals surface area contributed by atoms with E-state index >= 15 is 0 Å². The van der Waals surface area contributed by atoms with Gasteiger partial charge in [-0.25, -0.2) is 4.99 Å². The number of nitrogens with zero attached hydrogens (tertiary/aromatic N) is 2. The number of ether oxygens (including phenoxy) is 2. The van der Waals surface area contributed by atoms with Crippen LogP contribution in [-0.4, -0.2) is 57.7 Å². The maximum Gasteiger partial charge on any atom is 0.253 e. The number of carbonyl (C=O) groups excluding carboxylic acids is 1. The molecule has 7 nitrogen and oxygen atoms in total. The number of guanidine groups is 1. The first-order valence-corrected chi connectivity index (χ1v) is 10.5. The molecule has 2 aromatic carbocycles. The van der Waals surface area contributed by atoms with Gasteiger partial charge in [0.1, 0.15) is 12.4 Å². The van der Waals surface area contributed by atoms with Gasteiger partial charge in [-0.15, -0.1) is 24.0 Å². The fourth-order valence-corrected chi connectivity index (χ4v) is 2.88. The fourth-order valence-electron chi connectivity index (χ4n) is 2.88. The molecular formula is C24H35IN4O3. The Morgan fingerprint density at radius 3 is 2.41 bits per heavy atom. The van der Waals surface area contributed by atoms with E-state index in [1.165, 1.54) is 0 Å². The second kappa shape index (κ2) is 14.7. The average molecular weight is 554 g/mol. The molecule has 0 radical (unpaired) electrons. The summed E-state index contributed by atoms with van der Waals surface area (Å²) in [5, 5.41) is 6.64. The minimum Gasteiger partial charge on any atom is -0.491 e. The summed E-state index contributed by atoms with van der Waals surface area (Å²) in [7, 11) is 5.16. The lowest BCUT2D eigenvalue weighted by Gasteiger charge is -2.15. The number of hydrogen-bond donors (Lipinski definition) is 2. The van der Waals surface area contributed by atoms with Gasteiger partial charge in [-0.1, -0.05) is 24.3 Å². The van der Waals surface area contributed by atoms with Crippen LogP contribution in [0.4, 0.5) is 0 Å². The quantitative estimate of drug-likeness (QED) is 0.203. The van der Waals surface area contributed by atoms with Crippen LogP contribution in [0.25, 0.3) is 0 Å². The Morgan fingerprint density at radius 2 is 1.78 bits per heavy atom. The first-order valence-electron chi connectivity index (χ1n) is 10.5. The van der Waals surface area contributed by atoms with Crippen LogP contribution < -0.4 is 15.4 Å². The van der Waals surface area contributed by atoms with Crippen molar-refractivity contribution in [3.8, 4) is 5.75 Å². The van der Waals surface area contributed by atoms with Crippen molar-refractivity contribution in [2.75, 3.05) is 41.0 Å². The summed E-state index contributed by atoms with van der Waals surface area (Å²) >= 11 is 0. The maximum atomic E-state index is 12.0. The van der Waals surface area contributed by atoms with E-state index in [4.69, 9.17) is 9.47 Å². The van der Waals surface area contributed by atoms with Crippen molar-refractivity contribution in [3.05, 3.63) is 64.7 Å². The minimum absolute atomic E-state index is 0. The van der Waals surface area contributed by atoms with Crippen LogP contribution in [0, 0.1) is 6.92 Å². The third-order valence-corrected chi connectivity index (χ3v) is 4.59. The predicted molar refractivity (Wildman–Crippen MR) is 140 cm³/mol. The number of hydrogen-bond acceptors (Lipinski definition) is 4. The largest absolute Gasteiger partial charge is 0.491 e. The SMILES string of the molecule is CCNC(=NCc1ccc(C(=O)N(C)C)cc1)NCc1ccc(C)cc1OCCOC.I. The lowest BCUT2D eigenvalue weighted by atomic mass is 10.1. The molecule has 0 aliphatic rings. The first-order chi connectivity index (χ1) is 14.9. The Bertz CT molecular complexity index is 870. The molecule has 176 valence electrons. The van der Waals surface area contributed by atoms with Crippen molar-refractivity contribution in [1.82, 2.24) is 15.5 Å². The van der Waals surface area contributed by atoms with E-state index in [0.717, 1.165) is 34.9 Å². The Balaban J connectivity index is 0.00000512. The summed E-state index contributed by atoms with van der Waals surface area (Å²) in [6.45, 7) is 6.99. The van der Waals surface area contributed by atoms with Gasteiger partial charge in [0, 0.05) is 45.4 Å². The van der Waals surface area contributed by atoms with Crippen LogP contribution in [-0.2, 0) is 17.8 Å². The zero-order chi connectivity index (χ0) is 22.6. The number of carbonyl (C=O) groups is 1. The van der Waals surface area contributed by atoms with E-state index in [1.54, 1.807) is 26.1 Å². The van der Waals surface area contributed by atoms with Crippen LogP contribution in [0.15, 0.2) is 47.5 Å². The molecule has 0 unspecified atom stereocenters. The van der Waals surface area contributed by atoms with Crippen molar-refractivity contribution in [2.24, 2.45) is 4.99 Å². The molecule has 2 N–H and O–H groups in total. The van der Waals surface area contributed by atoms with Crippen molar-refractivity contribution in [3.63, 3.8) is 0 Å². The van der Waals surface area contributed by atoms with E-state index in [2.05, 4.69) is 27.8 Å². The summed E-state index contributed by atoms with van der Waals surface area (Å²) in [6, 6.07) is 13.7. The molecule has 32 heavy (non-hydrogen) atoms. The Hall–Kier alpha value is -2.33. The minimum atomic E-state index is -0.00771. The van der Waals surface area contributed by atoms with E-state index in [-0.39, 0.29) is 29.9 Å². The van der Waals surface area contributed by atoms with Crippen LogP contribution in [0.5, 0.6) is 5.75 Å². The average Bonchev–Trinajstić information content (AvgIpc) is 2.76. The number of halogens is 1. The van der Waals surface area contributed by atoms with E-state index in [9.17, 15) is 4.79 Å². The van der Waals surface area contributed by atoms with Gasteiger partial charge >= 0.3 is 0 Å². The second-order valence-corrected chi connectivity index (χ2v) is 7.40. The zero-order valence-electron chi connectivity index (χ0n) is 19.6. The van der Waals surface area contributed by atoms with E-state index < -0.39 is 0 Å². The van der Waals surface area contributed by atoms with Crippen LogP contribution in [0.3, 0.4) is 0 Å². The fraction of sp³-hybridized carbons (Fsp3) is 0.417. The van der Waals surface area contributed by atoms with E-state index in [0.29, 0.717) is 31.9 Å². The molecule has 0 atom stereocenters. The summed E-state index contributed by atoms with van der Waals surface area (Å²) in [5.41, 5.74) is 3.90. The van der Waals surface area contributed by atoms with Crippen molar-refractivity contribution in [2.45, 2.75) is 26.9 Å². The molecular weight excluding hydrogens is 519 g/mol. The van der Waals surface area contributed by atoms with Gasteiger partial charge in [-0.3, -0.25) is 4.79 Å². The highest BCUT2D eigenvalue weighted by Gasteiger charge is 2.08. The molecule has 0 saturated heterocycles. The van der Waals surface area contributed by atoms with Crippen molar-refractivity contribution < 1.29 is 14.3 Å². The van der Waals surface area contributed by atoms with Crippen LogP contribution in [0.2, 0.25) is 0 Å². The lowest BCUT2D eigenvalue weighted by Crippen LogP contribution is -2.36. The molecule has 1 amide bonds. The highest BCUT2D eigenvalue weighted by Crippen LogP contribution is 2.20. The predicted octanol–water partition coefficient (Wildman–Crippen LogP) is 3.60. The van der Waals surface area contributed by atoms with Crippen LogP contribution >= 0.6 is 24.0 Å². The second-order valence-electron chi connectivity index (χ2n) is 7.40. The molecule has 8 heteroatoms. The molecule has 0 aromatic heterocycles. The Labute approximate surface area is 208 Å². The molecule has 0 spiro atoms. The number of nitrogens with one attached hydrogen (secondary N) is 2. The third-order valence-electron chi connectivity index (χ3n) is 4.59. The van der Waals surface area contributed by atoms with Crippen LogP contribution in [0.1, 0.15) is 34.0 Å². The molecule has 0 aliphatic heterocycles. The number of methoxy groups -OCH3 is 1. The van der Waals surface area contributed by atoms with Gasteiger partial charge in [0.05, 0.1) is 13.2 Å². The van der Waals surface area contributed by atoms with Gasteiger partial charge in [-0.2, -0.15) is 0 Å². The van der Waals surface area contributed by atoms with Gasteiger partial charge in [-0.05, 0) is 43.2 Å².